The van der Waals surface area contributed by atoms with E-state index >= 15 is 0 Å². The lowest BCUT2D eigenvalue weighted by Crippen LogP contribution is -2.03. The first-order valence-electron chi connectivity index (χ1n) is 5.36. The first-order valence-corrected chi connectivity index (χ1v) is 6.17. The Morgan fingerprint density at radius 3 is 2.71 bits per heavy atom. The molecule has 17 heavy (non-hydrogen) atoms. The zero-order chi connectivity index (χ0) is 12.4. The van der Waals surface area contributed by atoms with Crippen LogP contribution in [0.4, 0.5) is 0 Å². The summed E-state index contributed by atoms with van der Waals surface area (Å²) in [6.45, 7) is 3.93. The van der Waals surface area contributed by atoms with Gasteiger partial charge in [-0.2, -0.15) is 0 Å². The minimum atomic E-state index is 0.00635. The van der Waals surface area contributed by atoms with Gasteiger partial charge < -0.3 is 10.5 Å². The fourth-order valence-electron chi connectivity index (χ4n) is 1.59. The van der Waals surface area contributed by atoms with Crippen molar-refractivity contribution in [1.29, 1.82) is 0 Å². The SMILES string of the molecule is COc1cccc(-c2nc(C)c(C(C)N)s2)n1. The molecule has 2 aromatic rings. The van der Waals surface area contributed by atoms with E-state index in [9.17, 15) is 0 Å². The van der Waals surface area contributed by atoms with E-state index in [0.717, 1.165) is 21.3 Å². The molecule has 0 bridgehead atoms. The van der Waals surface area contributed by atoms with Crippen LogP contribution in [0.1, 0.15) is 23.5 Å². The topological polar surface area (TPSA) is 61.0 Å². The lowest BCUT2D eigenvalue weighted by atomic mass is 10.2. The monoisotopic (exact) mass is 249 g/mol. The molecule has 2 N–H and O–H groups in total. The number of aryl methyl sites for hydroxylation is 1. The number of rotatable bonds is 3. The van der Waals surface area contributed by atoms with Crippen molar-refractivity contribution in [2.45, 2.75) is 19.9 Å². The summed E-state index contributed by atoms with van der Waals surface area (Å²) in [5.41, 5.74) is 7.69. The Morgan fingerprint density at radius 1 is 1.35 bits per heavy atom. The number of pyridine rings is 1. The molecule has 4 nitrogen and oxygen atoms in total. The lowest BCUT2D eigenvalue weighted by Gasteiger charge is -2.00. The second-order valence-electron chi connectivity index (χ2n) is 3.82. The molecule has 0 aromatic carbocycles. The Labute approximate surface area is 104 Å². The molecule has 0 fully saturated rings. The van der Waals surface area contributed by atoms with Crippen LogP contribution in [-0.4, -0.2) is 17.1 Å². The lowest BCUT2D eigenvalue weighted by molar-refractivity contribution is 0.398. The van der Waals surface area contributed by atoms with Crippen molar-refractivity contribution in [3.05, 3.63) is 28.8 Å². The van der Waals surface area contributed by atoms with Crippen molar-refractivity contribution in [3.8, 4) is 16.6 Å². The maximum Gasteiger partial charge on any atom is 0.213 e. The molecule has 0 saturated heterocycles. The van der Waals surface area contributed by atoms with Gasteiger partial charge in [-0.3, -0.25) is 0 Å². The molecular weight excluding hydrogens is 234 g/mol. The number of nitrogens with two attached hydrogens (primary N) is 1. The van der Waals surface area contributed by atoms with E-state index in [2.05, 4.69) is 9.97 Å². The molecule has 2 rings (SSSR count). The highest BCUT2D eigenvalue weighted by Gasteiger charge is 2.13. The number of nitrogens with zero attached hydrogens (tertiary/aromatic N) is 2. The summed E-state index contributed by atoms with van der Waals surface area (Å²) in [4.78, 5) is 9.96. The summed E-state index contributed by atoms with van der Waals surface area (Å²) in [6, 6.07) is 5.65. The van der Waals surface area contributed by atoms with Gasteiger partial charge in [0, 0.05) is 17.0 Å². The highest BCUT2D eigenvalue weighted by Crippen LogP contribution is 2.30. The molecule has 2 aromatic heterocycles. The molecule has 2 heterocycles. The molecular formula is C12H15N3OS. The molecule has 1 atom stereocenters. The van der Waals surface area contributed by atoms with Gasteiger partial charge in [-0.25, -0.2) is 9.97 Å². The second-order valence-corrected chi connectivity index (χ2v) is 4.85. The zero-order valence-electron chi connectivity index (χ0n) is 10.1. The van der Waals surface area contributed by atoms with E-state index in [1.165, 1.54) is 0 Å². The highest BCUT2D eigenvalue weighted by molar-refractivity contribution is 7.15. The first-order chi connectivity index (χ1) is 8.11. The molecule has 0 aliphatic carbocycles. The van der Waals surface area contributed by atoms with Gasteiger partial charge in [0.15, 0.2) is 0 Å². The fourth-order valence-corrected chi connectivity index (χ4v) is 2.58. The van der Waals surface area contributed by atoms with Crippen LogP contribution in [0.3, 0.4) is 0 Å². The average molecular weight is 249 g/mol. The van der Waals surface area contributed by atoms with Crippen molar-refractivity contribution in [2.24, 2.45) is 5.73 Å². The number of hydrogen-bond acceptors (Lipinski definition) is 5. The van der Waals surface area contributed by atoms with Crippen LogP contribution in [0.2, 0.25) is 0 Å². The summed E-state index contributed by atoms with van der Waals surface area (Å²) < 4.78 is 5.10. The van der Waals surface area contributed by atoms with Crippen LogP contribution in [-0.2, 0) is 0 Å². The zero-order valence-corrected chi connectivity index (χ0v) is 10.9. The highest BCUT2D eigenvalue weighted by atomic mass is 32.1. The van der Waals surface area contributed by atoms with Crippen LogP contribution in [0, 0.1) is 6.92 Å². The van der Waals surface area contributed by atoms with Crippen LogP contribution < -0.4 is 10.5 Å². The van der Waals surface area contributed by atoms with Crippen molar-refractivity contribution >= 4 is 11.3 Å². The Hall–Kier alpha value is -1.46. The van der Waals surface area contributed by atoms with Crippen molar-refractivity contribution < 1.29 is 4.74 Å². The molecule has 0 amide bonds. The van der Waals surface area contributed by atoms with Crippen LogP contribution in [0.5, 0.6) is 5.88 Å². The predicted molar refractivity (Wildman–Crippen MR) is 69.2 cm³/mol. The average Bonchev–Trinajstić information content (AvgIpc) is 2.71. The number of aromatic nitrogens is 2. The van der Waals surface area contributed by atoms with E-state index in [1.54, 1.807) is 18.4 Å². The van der Waals surface area contributed by atoms with Gasteiger partial charge in [0.1, 0.15) is 10.7 Å². The van der Waals surface area contributed by atoms with Crippen LogP contribution in [0.15, 0.2) is 18.2 Å². The minimum absolute atomic E-state index is 0.00635. The number of ether oxygens (including phenoxy) is 1. The molecule has 90 valence electrons. The summed E-state index contributed by atoms with van der Waals surface area (Å²) in [7, 11) is 1.60. The summed E-state index contributed by atoms with van der Waals surface area (Å²) in [6.07, 6.45) is 0. The Kier molecular flexibility index (Phi) is 3.40. The Balaban J connectivity index is 2.42. The Bertz CT molecular complexity index is 522. The van der Waals surface area contributed by atoms with Gasteiger partial charge in [-0.05, 0) is 19.9 Å². The van der Waals surface area contributed by atoms with Crippen molar-refractivity contribution in [3.63, 3.8) is 0 Å². The van der Waals surface area contributed by atoms with Crippen LogP contribution >= 0.6 is 11.3 Å². The molecule has 5 heteroatoms. The normalized spacial score (nSPS) is 12.5. The van der Waals surface area contributed by atoms with E-state index in [-0.39, 0.29) is 6.04 Å². The molecule has 0 radical (unpaired) electrons. The summed E-state index contributed by atoms with van der Waals surface area (Å²) in [5.74, 6) is 0.595. The van der Waals surface area contributed by atoms with Gasteiger partial charge in [0.25, 0.3) is 0 Å². The Morgan fingerprint density at radius 2 is 2.12 bits per heavy atom. The van der Waals surface area contributed by atoms with Crippen molar-refractivity contribution in [2.75, 3.05) is 7.11 Å². The number of methoxy groups -OCH3 is 1. The fraction of sp³-hybridized carbons (Fsp3) is 0.333. The smallest absolute Gasteiger partial charge is 0.213 e. The van der Waals surface area contributed by atoms with Crippen LogP contribution in [0.25, 0.3) is 10.7 Å². The van der Waals surface area contributed by atoms with E-state index < -0.39 is 0 Å². The van der Waals surface area contributed by atoms with Gasteiger partial charge >= 0.3 is 0 Å². The third-order valence-electron chi connectivity index (χ3n) is 2.40. The van der Waals surface area contributed by atoms with E-state index in [4.69, 9.17) is 10.5 Å². The van der Waals surface area contributed by atoms with Crippen molar-refractivity contribution in [1.82, 2.24) is 9.97 Å². The van der Waals surface area contributed by atoms with Gasteiger partial charge in [0.05, 0.1) is 12.8 Å². The molecule has 0 spiro atoms. The predicted octanol–water partition coefficient (Wildman–Crippen LogP) is 2.54. The quantitative estimate of drug-likeness (QED) is 0.908. The molecule has 1 unspecified atom stereocenters. The third-order valence-corrected chi connectivity index (χ3v) is 3.78. The first kappa shape index (κ1) is 12.0. The second kappa shape index (κ2) is 4.81. The molecule has 0 aliphatic heterocycles. The van der Waals surface area contributed by atoms with E-state index in [1.807, 2.05) is 32.0 Å². The van der Waals surface area contributed by atoms with E-state index in [0.29, 0.717) is 5.88 Å². The maximum absolute atomic E-state index is 5.89. The number of hydrogen-bond donors (Lipinski definition) is 1. The third kappa shape index (κ3) is 2.45. The number of thiazole rings is 1. The minimum Gasteiger partial charge on any atom is -0.481 e. The molecule has 0 saturated carbocycles. The molecule has 0 aliphatic rings. The van der Waals surface area contributed by atoms with Gasteiger partial charge in [-0.1, -0.05) is 6.07 Å². The standard InChI is InChI=1S/C12H15N3OS/c1-7(13)11-8(2)14-12(17-11)9-5-4-6-10(15-9)16-3/h4-7H,13H2,1-3H3. The van der Waals surface area contributed by atoms with Gasteiger partial charge in [-0.15, -0.1) is 11.3 Å². The summed E-state index contributed by atoms with van der Waals surface area (Å²) >= 11 is 1.59. The largest absolute Gasteiger partial charge is 0.481 e. The maximum atomic E-state index is 5.89. The summed E-state index contributed by atoms with van der Waals surface area (Å²) in [5, 5.41) is 0.883. The van der Waals surface area contributed by atoms with Gasteiger partial charge in [0.2, 0.25) is 5.88 Å².